The summed E-state index contributed by atoms with van der Waals surface area (Å²) in [7, 11) is 0. The third kappa shape index (κ3) is 9.46. The van der Waals surface area contributed by atoms with Crippen LogP contribution >= 0.6 is 0 Å². The van der Waals surface area contributed by atoms with Crippen molar-refractivity contribution in [3.05, 3.63) is 130 Å². The van der Waals surface area contributed by atoms with Crippen LogP contribution in [0.5, 0.6) is 17.2 Å². The number of non-ortho nitro benzene ring substituents is 1. The zero-order valence-electron chi connectivity index (χ0n) is 37.2. The number of carbonyl (C=O) groups is 1. The van der Waals surface area contributed by atoms with E-state index in [-0.39, 0.29) is 55.1 Å². The lowest BCUT2D eigenvalue weighted by atomic mass is 9.55. The van der Waals surface area contributed by atoms with Crippen molar-refractivity contribution in [3.63, 3.8) is 0 Å². The summed E-state index contributed by atoms with van der Waals surface area (Å²) in [6.45, 7) is 10.6. The predicted octanol–water partition coefficient (Wildman–Crippen LogP) is 10.4. The number of allylic oxidation sites excluding steroid dienone is 1. The van der Waals surface area contributed by atoms with Gasteiger partial charge in [-0.25, -0.2) is 0 Å². The second-order valence-corrected chi connectivity index (χ2v) is 18.7. The monoisotopic (exact) mass is 871 g/mol. The lowest BCUT2D eigenvalue weighted by molar-refractivity contribution is -0.384. The fraction of sp³-hybridized carbons (Fsp3) is 0.462. The van der Waals surface area contributed by atoms with Crippen LogP contribution in [0.2, 0.25) is 0 Å². The summed E-state index contributed by atoms with van der Waals surface area (Å²) in [6, 6.07) is 25.6. The summed E-state index contributed by atoms with van der Waals surface area (Å²) >= 11 is 0. The highest BCUT2D eigenvalue weighted by Gasteiger charge is 2.66. The van der Waals surface area contributed by atoms with E-state index in [1.165, 1.54) is 12.1 Å². The van der Waals surface area contributed by atoms with E-state index in [0.29, 0.717) is 43.1 Å². The van der Waals surface area contributed by atoms with Crippen molar-refractivity contribution in [2.45, 2.75) is 108 Å². The molecule has 0 radical (unpaired) electrons. The number of carbonyl (C=O) groups excluding carboxylic acids is 1. The lowest BCUT2D eigenvalue weighted by Gasteiger charge is -2.60. The van der Waals surface area contributed by atoms with Crippen LogP contribution in [0.3, 0.4) is 0 Å². The van der Waals surface area contributed by atoms with Gasteiger partial charge >= 0.3 is 0 Å². The summed E-state index contributed by atoms with van der Waals surface area (Å²) < 4.78 is 21.1. The van der Waals surface area contributed by atoms with Crippen molar-refractivity contribution in [3.8, 4) is 17.2 Å². The molecule has 2 N–H and O–H groups in total. The number of amides is 1. The molecule has 1 aliphatic heterocycles. The highest BCUT2D eigenvalue weighted by atomic mass is 16.7. The fourth-order valence-corrected chi connectivity index (χ4v) is 10.2. The summed E-state index contributed by atoms with van der Waals surface area (Å²) in [5.41, 5.74) is 2.90. The molecule has 3 aliphatic carbocycles. The van der Waals surface area contributed by atoms with Crippen LogP contribution < -0.4 is 9.47 Å². The Hall–Kier alpha value is -5.56. The molecule has 0 aromatic heterocycles. The summed E-state index contributed by atoms with van der Waals surface area (Å²) in [6.07, 6.45) is 10.4. The van der Waals surface area contributed by atoms with E-state index in [9.17, 15) is 20.3 Å². The number of unbranched alkanes of at least 4 members (excludes halogenated alkanes) is 2. The van der Waals surface area contributed by atoms with Crippen molar-refractivity contribution in [2.24, 2.45) is 28.8 Å². The Kier molecular flexibility index (Phi) is 13.6. The van der Waals surface area contributed by atoms with E-state index in [4.69, 9.17) is 24.2 Å². The van der Waals surface area contributed by atoms with Gasteiger partial charge in [-0.15, -0.1) is 6.58 Å². The number of aliphatic hydroxyl groups is 2. The summed E-state index contributed by atoms with van der Waals surface area (Å²) in [4.78, 5) is 34.7. The van der Waals surface area contributed by atoms with Gasteiger partial charge in [0.05, 0.1) is 29.2 Å². The number of hydrogen-bond donors (Lipinski definition) is 2. The van der Waals surface area contributed by atoms with Crippen LogP contribution in [0.4, 0.5) is 5.69 Å². The quantitative estimate of drug-likeness (QED) is 0.0406. The fourth-order valence-electron chi connectivity index (χ4n) is 10.2. The van der Waals surface area contributed by atoms with E-state index in [1.54, 1.807) is 18.2 Å². The van der Waals surface area contributed by atoms with Crippen molar-refractivity contribution in [1.82, 2.24) is 4.90 Å². The molecule has 2 saturated carbocycles. The van der Waals surface area contributed by atoms with Gasteiger partial charge < -0.3 is 34.2 Å². The largest absolute Gasteiger partial charge is 0.459 e. The van der Waals surface area contributed by atoms with Crippen molar-refractivity contribution < 1.29 is 39.0 Å². The first kappa shape index (κ1) is 45.0. The van der Waals surface area contributed by atoms with Crippen LogP contribution in [0, 0.1) is 33.8 Å². The molecule has 2 fully saturated rings. The second kappa shape index (κ2) is 19.3. The Morgan fingerprint density at radius 3 is 2.44 bits per heavy atom. The van der Waals surface area contributed by atoms with Crippen molar-refractivity contribution in [2.75, 3.05) is 19.8 Å². The number of ether oxygens (including phenoxy) is 3. The maximum Gasteiger partial charge on any atom is 0.273 e. The molecule has 4 aromatic rings. The van der Waals surface area contributed by atoms with E-state index in [1.807, 2.05) is 62.1 Å². The predicted molar refractivity (Wildman–Crippen MR) is 246 cm³/mol. The number of nitro groups is 1. The normalized spacial score (nSPS) is 24.2. The molecule has 0 bridgehead atoms. The number of nitro benzene ring substituents is 1. The van der Waals surface area contributed by atoms with Gasteiger partial charge in [0.2, 0.25) is 11.7 Å². The van der Waals surface area contributed by atoms with Gasteiger partial charge in [0.1, 0.15) is 28.9 Å². The molecule has 6 atom stereocenters. The van der Waals surface area contributed by atoms with Crippen LogP contribution in [0.1, 0.15) is 95.6 Å². The summed E-state index contributed by atoms with van der Waals surface area (Å²) in [5, 5.41) is 38.8. The minimum Gasteiger partial charge on any atom is -0.459 e. The number of fused-ring (bicyclic) bond motifs is 3. The van der Waals surface area contributed by atoms with E-state index >= 15 is 4.79 Å². The number of hydrogen-bond acceptors (Lipinski definition) is 10. The van der Waals surface area contributed by atoms with E-state index in [0.717, 1.165) is 71.7 Å². The maximum atomic E-state index is 15.1. The number of aliphatic hydroxyl groups excluding tert-OH is 2. The molecule has 0 saturated heterocycles. The number of oxime groups is 1. The Labute approximate surface area is 375 Å². The molecule has 4 aromatic carbocycles. The molecule has 12 nitrogen and oxygen atoms in total. The first-order valence-corrected chi connectivity index (χ1v) is 22.9. The topological polar surface area (TPSA) is 153 Å². The van der Waals surface area contributed by atoms with E-state index in [2.05, 4.69) is 36.9 Å². The molecule has 12 heteroatoms. The molecule has 338 valence electrons. The Morgan fingerprint density at radius 1 is 0.969 bits per heavy atom. The highest BCUT2D eigenvalue weighted by molar-refractivity contribution is 6.03. The maximum absolute atomic E-state index is 15.1. The van der Waals surface area contributed by atoms with Gasteiger partial charge in [-0.1, -0.05) is 78.7 Å². The average molecular weight is 872 g/mol. The first-order valence-electron chi connectivity index (χ1n) is 22.9. The second-order valence-electron chi connectivity index (χ2n) is 18.7. The molecule has 0 unspecified atom stereocenters. The minimum absolute atomic E-state index is 0.00981. The van der Waals surface area contributed by atoms with Crippen LogP contribution in [-0.2, 0) is 20.9 Å². The lowest BCUT2D eigenvalue weighted by Crippen LogP contribution is -2.70. The molecule has 4 aliphatic rings. The number of nitrogens with zero attached hydrogens (tertiary/aromatic N) is 3. The molecular formula is C52H61N3O9. The average Bonchev–Trinajstić information content (AvgIpc) is 4.14. The van der Waals surface area contributed by atoms with Gasteiger partial charge in [-0.3, -0.25) is 14.9 Å². The molecule has 8 rings (SSSR count). The highest BCUT2D eigenvalue weighted by Crippen LogP contribution is 2.62. The van der Waals surface area contributed by atoms with Crippen LogP contribution in [-0.4, -0.2) is 68.9 Å². The smallest absolute Gasteiger partial charge is 0.273 e. The van der Waals surface area contributed by atoms with Crippen LogP contribution in [0.15, 0.2) is 114 Å². The van der Waals surface area contributed by atoms with Gasteiger partial charge in [-0.05, 0) is 117 Å². The third-order valence-corrected chi connectivity index (χ3v) is 13.1. The Morgan fingerprint density at radius 2 is 1.70 bits per heavy atom. The summed E-state index contributed by atoms with van der Waals surface area (Å²) in [5.74, 6) is -0.784. The number of rotatable bonds is 19. The van der Waals surface area contributed by atoms with Gasteiger partial charge in [0.15, 0.2) is 0 Å². The first-order chi connectivity index (χ1) is 30.9. The Balaban J connectivity index is 1.36. The van der Waals surface area contributed by atoms with Crippen molar-refractivity contribution in [1.29, 1.82) is 0 Å². The Bertz CT molecular complexity index is 2400. The van der Waals surface area contributed by atoms with Crippen LogP contribution in [0.25, 0.3) is 10.8 Å². The van der Waals surface area contributed by atoms with Gasteiger partial charge in [0, 0.05) is 49.6 Å². The SMILES string of the molecule is C=CCO[C@@]12Oc3ccc(Oc4cccc([N+](=O)[O-])c4)cc3[C@H]3[C@H](CCCCO)[C@@H](CCCCO)C=C(C(=NOC(C)(C)C)C[C@@H]1N(Cc1cccc4ccccc14)C(=O)C1CC1)[C@H]32. The third-order valence-electron chi connectivity index (χ3n) is 13.1. The molecular weight excluding hydrogens is 811 g/mol. The molecule has 1 heterocycles. The zero-order chi connectivity index (χ0) is 45.0. The molecule has 1 amide bonds. The minimum atomic E-state index is -1.42. The molecule has 64 heavy (non-hydrogen) atoms. The van der Waals surface area contributed by atoms with Crippen molar-refractivity contribution >= 4 is 28.1 Å². The number of benzene rings is 4. The van der Waals surface area contributed by atoms with E-state index < -0.39 is 28.3 Å². The zero-order valence-corrected chi connectivity index (χ0v) is 37.2. The molecule has 0 spiro atoms. The standard InChI is InChI=1S/C52H61N3O9/c1-5-28-61-52-47(54(50(58)35-22-23-35)33-37-17-12-16-34-14-6-7-20-41(34)37)32-45(53-64-51(2,3)4)43-29-36(15-8-10-26-56)42(21-9-11-27-57)48(49(43)52)44-31-40(24-25-46(44)63-52)62-39-19-13-18-38(30-39)55(59)60/h5-7,12-14,16-20,24-25,29-31,35-36,42,47-49,56-57H,1,8-11,15,21-23,26-28,32-33H2,2-4H3/t36-,42+,47-,48+,49+,52+/m0/s1. The van der Waals surface area contributed by atoms with Gasteiger partial charge in [-0.2, -0.15) is 0 Å². The van der Waals surface area contributed by atoms with Gasteiger partial charge in [0.25, 0.3) is 5.69 Å².